The van der Waals surface area contributed by atoms with Crippen molar-refractivity contribution >= 4 is 11.9 Å². The first-order chi connectivity index (χ1) is 9.47. The molecule has 0 fully saturated rings. The Kier molecular flexibility index (Phi) is 6.03. The first kappa shape index (κ1) is 16.0. The number of carbonyl (C=O) groups excluding carboxylic acids is 2. The smallest absolute Gasteiger partial charge is 0.328 e. The van der Waals surface area contributed by atoms with Gasteiger partial charge in [-0.3, -0.25) is 4.79 Å². The number of hydrogen-bond acceptors (Lipinski definition) is 4. The summed E-state index contributed by atoms with van der Waals surface area (Å²) in [5.41, 5.74) is 0.892. The van der Waals surface area contributed by atoms with Crippen LogP contribution in [0.5, 0.6) is 5.75 Å². The molecule has 1 N–H and O–H groups in total. The van der Waals surface area contributed by atoms with Gasteiger partial charge in [0.2, 0.25) is 5.91 Å². The maximum absolute atomic E-state index is 11.8. The van der Waals surface area contributed by atoms with Crippen LogP contribution in [0.2, 0.25) is 0 Å². The molecule has 0 saturated carbocycles. The van der Waals surface area contributed by atoms with Crippen LogP contribution in [0.25, 0.3) is 0 Å². The normalized spacial score (nSPS) is 11.8. The fourth-order valence-corrected chi connectivity index (χ4v) is 1.71. The summed E-state index contributed by atoms with van der Waals surface area (Å²) in [6.07, 6.45) is 0.363. The highest BCUT2D eigenvalue weighted by atomic mass is 16.5. The van der Waals surface area contributed by atoms with Crippen LogP contribution >= 0.6 is 0 Å². The molecule has 5 heteroatoms. The van der Waals surface area contributed by atoms with Crippen molar-refractivity contribution < 1.29 is 19.1 Å². The van der Waals surface area contributed by atoms with Crippen LogP contribution in [0, 0.1) is 5.92 Å². The molecule has 1 atom stereocenters. The molecule has 0 spiro atoms. The minimum atomic E-state index is -0.693. The zero-order valence-electron chi connectivity index (χ0n) is 12.3. The van der Waals surface area contributed by atoms with Gasteiger partial charge in [0.25, 0.3) is 0 Å². The van der Waals surface area contributed by atoms with Crippen molar-refractivity contribution in [3.05, 3.63) is 29.8 Å². The minimum absolute atomic E-state index is 0.178. The zero-order chi connectivity index (χ0) is 15.1. The van der Waals surface area contributed by atoms with Gasteiger partial charge in [0.05, 0.1) is 14.2 Å². The molecule has 0 radical (unpaired) electrons. The lowest BCUT2D eigenvalue weighted by atomic mass is 10.0. The lowest BCUT2D eigenvalue weighted by Crippen LogP contribution is -2.44. The van der Waals surface area contributed by atoms with Gasteiger partial charge in [0.15, 0.2) is 0 Å². The molecule has 0 aromatic heterocycles. The van der Waals surface area contributed by atoms with E-state index in [9.17, 15) is 9.59 Å². The molecule has 0 unspecified atom stereocenters. The Bertz CT molecular complexity index is 471. The largest absolute Gasteiger partial charge is 0.497 e. The topological polar surface area (TPSA) is 64.6 Å². The van der Waals surface area contributed by atoms with Gasteiger partial charge >= 0.3 is 5.97 Å². The Labute approximate surface area is 119 Å². The summed E-state index contributed by atoms with van der Waals surface area (Å²) in [4.78, 5) is 23.5. The second kappa shape index (κ2) is 7.53. The predicted molar refractivity (Wildman–Crippen MR) is 75.5 cm³/mol. The molecule has 1 rings (SSSR count). The highest BCUT2D eigenvalue weighted by molar-refractivity contribution is 5.85. The van der Waals surface area contributed by atoms with E-state index in [1.54, 1.807) is 21.0 Å². The molecular weight excluding hydrogens is 258 g/mol. The lowest BCUT2D eigenvalue weighted by Gasteiger charge is -2.18. The summed E-state index contributed by atoms with van der Waals surface area (Å²) in [5.74, 6) is -0.112. The third kappa shape index (κ3) is 4.57. The average Bonchev–Trinajstić information content (AvgIpc) is 2.45. The summed E-state index contributed by atoms with van der Waals surface area (Å²) in [5, 5.41) is 2.70. The van der Waals surface area contributed by atoms with Crippen molar-refractivity contribution in [3.8, 4) is 5.75 Å². The summed E-state index contributed by atoms with van der Waals surface area (Å²) in [7, 11) is 2.89. The first-order valence-electron chi connectivity index (χ1n) is 6.49. The van der Waals surface area contributed by atoms with E-state index in [2.05, 4.69) is 5.32 Å². The highest BCUT2D eigenvalue weighted by Crippen LogP contribution is 2.14. The average molecular weight is 279 g/mol. The number of nitrogens with one attached hydrogen (secondary N) is 1. The monoisotopic (exact) mass is 279 g/mol. The standard InChI is InChI=1S/C15H21NO4/c1-10(2)14(17)16-13(15(18)20-4)9-11-6-5-7-12(8-11)19-3/h5-8,10,13H,9H2,1-4H3,(H,16,17)/t13-/m1/s1. The van der Waals surface area contributed by atoms with E-state index in [0.717, 1.165) is 5.56 Å². The van der Waals surface area contributed by atoms with E-state index in [4.69, 9.17) is 9.47 Å². The summed E-state index contributed by atoms with van der Waals surface area (Å²) in [6, 6.07) is 6.68. The Morgan fingerprint density at radius 3 is 2.50 bits per heavy atom. The van der Waals surface area contributed by atoms with Gasteiger partial charge in [-0.05, 0) is 17.7 Å². The van der Waals surface area contributed by atoms with E-state index in [1.807, 2.05) is 24.3 Å². The van der Waals surface area contributed by atoms with Crippen LogP contribution in [0.1, 0.15) is 19.4 Å². The third-order valence-corrected chi connectivity index (χ3v) is 2.90. The molecule has 1 aromatic rings. The third-order valence-electron chi connectivity index (χ3n) is 2.90. The van der Waals surface area contributed by atoms with E-state index >= 15 is 0 Å². The van der Waals surface area contributed by atoms with Crippen LogP contribution in [0.3, 0.4) is 0 Å². The second-order valence-electron chi connectivity index (χ2n) is 4.79. The van der Waals surface area contributed by atoms with Crippen molar-refractivity contribution in [2.75, 3.05) is 14.2 Å². The fourth-order valence-electron chi connectivity index (χ4n) is 1.71. The molecule has 0 aliphatic rings. The highest BCUT2D eigenvalue weighted by Gasteiger charge is 2.23. The van der Waals surface area contributed by atoms with E-state index in [1.165, 1.54) is 7.11 Å². The maximum Gasteiger partial charge on any atom is 0.328 e. The molecule has 0 bridgehead atoms. The molecule has 20 heavy (non-hydrogen) atoms. The van der Waals surface area contributed by atoms with Crippen molar-refractivity contribution in [2.24, 2.45) is 5.92 Å². The Morgan fingerprint density at radius 2 is 1.95 bits per heavy atom. The molecule has 110 valence electrons. The number of ether oxygens (including phenoxy) is 2. The van der Waals surface area contributed by atoms with Gasteiger partial charge in [-0.15, -0.1) is 0 Å². The summed E-state index contributed by atoms with van der Waals surface area (Å²) < 4.78 is 9.88. The molecule has 1 aromatic carbocycles. The number of hydrogen-bond donors (Lipinski definition) is 1. The summed E-state index contributed by atoms with van der Waals surface area (Å²) in [6.45, 7) is 3.55. The predicted octanol–water partition coefficient (Wildman–Crippen LogP) is 1.55. The number of benzene rings is 1. The van der Waals surface area contributed by atoms with Gasteiger partial charge in [-0.25, -0.2) is 4.79 Å². The molecule has 0 aliphatic heterocycles. The van der Waals surface area contributed by atoms with E-state index < -0.39 is 12.0 Å². The minimum Gasteiger partial charge on any atom is -0.497 e. The Balaban J connectivity index is 2.83. The SMILES string of the molecule is COC(=O)[C@@H](Cc1cccc(OC)c1)NC(=O)C(C)C. The summed E-state index contributed by atoms with van der Waals surface area (Å²) >= 11 is 0. The number of esters is 1. The van der Waals surface area contributed by atoms with E-state index in [0.29, 0.717) is 12.2 Å². The molecular formula is C15H21NO4. The number of rotatable bonds is 6. The number of carbonyl (C=O) groups is 2. The van der Waals surface area contributed by atoms with Gasteiger partial charge in [-0.2, -0.15) is 0 Å². The zero-order valence-corrected chi connectivity index (χ0v) is 12.3. The van der Waals surface area contributed by atoms with Gasteiger partial charge in [-0.1, -0.05) is 26.0 Å². The molecule has 0 aliphatic carbocycles. The Morgan fingerprint density at radius 1 is 1.25 bits per heavy atom. The second-order valence-corrected chi connectivity index (χ2v) is 4.79. The maximum atomic E-state index is 11.8. The van der Waals surface area contributed by atoms with Crippen LogP contribution in [0.4, 0.5) is 0 Å². The van der Waals surface area contributed by atoms with Crippen LogP contribution in [0.15, 0.2) is 24.3 Å². The van der Waals surface area contributed by atoms with Gasteiger partial charge in [0, 0.05) is 12.3 Å². The molecule has 0 heterocycles. The molecule has 1 amide bonds. The van der Waals surface area contributed by atoms with Crippen molar-refractivity contribution in [1.82, 2.24) is 5.32 Å². The molecule has 5 nitrogen and oxygen atoms in total. The van der Waals surface area contributed by atoms with Gasteiger partial charge < -0.3 is 14.8 Å². The van der Waals surface area contributed by atoms with Crippen LogP contribution in [-0.4, -0.2) is 32.1 Å². The van der Waals surface area contributed by atoms with Crippen molar-refractivity contribution in [1.29, 1.82) is 0 Å². The van der Waals surface area contributed by atoms with Crippen molar-refractivity contribution in [2.45, 2.75) is 26.3 Å². The van der Waals surface area contributed by atoms with Crippen molar-refractivity contribution in [3.63, 3.8) is 0 Å². The number of methoxy groups -OCH3 is 2. The number of amides is 1. The van der Waals surface area contributed by atoms with E-state index in [-0.39, 0.29) is 11.8 Å². The molecule has 0 saturated heterocycles. The quantitative estimate of drug-likeness (QED) is 0.802. The van der Waals surface area contributed by atoms with Crippen LogP contribution in [-0.2, 0) is 20.7 Å². The first-order valence-corrected chi connectivity index (χ1v) is 6.49. The fraction of sp³-hybridized carbons (Fsp3) is 0.467. The Hall–Kier alpha value is -2.04. The van der Waals surface area contributed by atoms with Gasteiger partial charge in [0.1, 0.15) is 11.8 Å². The van der Waals surface area contributed by atoms with Crippen LogP contribution < -0.4 is 10.1 Å². The lowest BCUT2D eigenvalue weighted by molar-refractivity contribution is -0.145.